The fourth-order valence-corrected chi connectivity index (χ4v) is 2.48. The van der Waals surface area contributed by atoms with E-state index in [4.69, 9.17) is 9.47 Å². The largest absolute Gasteiger partial charge is 0.444 e. The molecule has 0 saturated carbocycles. The van der Waals surface area contributed by atoms with Crippen molar-refractivity contribution in [2.45, 2.75) is 78.4 Å². The number of carbonyl (C=O) groups is 1. The molecule has 1 aliphatic rings. The van der Waals surface area contributed by atoms with Gasteiger partial charge in [-0.05, 0) is 46.5 Å². The van der Waals surface area contributed by atoms with Gasteiger partial charge in [0, 0.05) is 13.1 Å². The van der Waals surface area contributed by atoms with Gasteiger partial charge in [-0.3, -0.25) is 0 Å². The molecule has 0 spiro atoms. The van der Waals surface area contributed by atoms with Gasteiger partial charge in [0.1, 0.15) is 5.60 Å². The van der Waals surface area contributed by atoms with Crippen LogP contribution in [0.25, 0.3) is 0 Å². The summed E-state index contributed by atoms with van der Waals surface area (Å²) >= 11 is 0. The topological polar surface area (TPSA) is 38.8 Å². The van der Waals surface area contributed by atoms with Gasteiger partial charge >= 0.3 is 6.09 Å². The summed E-state index contributed by atoms with van der Waals surface area (Å²) in [4.78, 5) is 13.8. The second-order valence-corrected chi connectivity index (χ2v) is 7.41. The lowest BCUT2D eigenvalue weighted by Gasteiger charge is -2.40. The molecule has 1 saturated heterocycles. The Morgan fingerprint density at radius 2 is 1.71 bits per heavy atom. The highest BCUT2D eigenvalue weighted by Crippen LogP contribution is 2.28. The second kappa shape index (κ2) is 7.48. The number of amides is 1. The first-order chi connectivity index (χ1) is 9.69. The second-order valence-electron chi connectivity index (χ2n) is 7.41. The maximum absolute atomic E-state index is 12.0. The van der Waals surface area contributed by atoms with Crippen LogP contribution >= 0.6 is 0 Å². The number of ether oxygens (including phenoxy) is 2. The summed E-state index contributed by atoms with van der Waals surface area (Å²) in [6.07, 6.45) is 3.89. The van der Waals surface area contributed by atoms with E-state index < -0.39 is 5.60 Å². The highest BCUT2D eigenvalue weighted by Gasteiger charge is 2.34. The highest BCUT2D eigenvalue weighted by molar-refractivity contribution is 5.68. The molecular weight excluding hydrogens is 266 g/mol. The molecule has 0 radical (unpaired) electrons. The third-order valence-electron chi connectivity index (χ3n) is 4.30. The number of likely N-dealkylation sites (tertiary alicyclic amines) is 1. The summed E-state index contributed by atoms with van der Waals surface area (Å²) in [7, 11) is 0. The lowest BCUT2D eigenvalue weighted by molar-refractivity contribution is -0.0844. The highest BCUT2D eigenvalue weighted by atomic mass is 16.6. The van der Waals surface area contributed by atoms with Crippen LogP contribution in [0.1, 0.15) is 67.2 Å². The van der Waals surface area contributed by atoms with Crippen molar-refractivity contribution in [3.63, 3.8) is 0 Å². The van der Waals surface area contributed by atoms with Crippen LogP contribution in [0.2, 0.25) is 0 Å². The first kappa shape index (κ1) is 18.3. The zero-order valence-corrected chi connectivity index (χ0v) is 14.7. The van der Waals surface area contributed by atoms with Gasteiger partial charge in [0.25, 0.3) is 0 Å². The van der Waals surface area contributed by atoms with Crippen LogP contribution in [0.3, 0.4) is 0 Å². The SMILES string of the molecule is CCC(CC)COC1(C)CCN(C(=O)OC(C)(C)C)CC1. The molecule has 4 nitrogen and oxygen atoms in total. The normalized spacial score (nSPS) is 18.9. The van der Waals surface area contributed by atoms with Gasteiger partial charge in [0.2, 0.25) is 0 Å². The summed E-state index contributed by atoms with van der Waals surface area (Å²) in [6, 6.07) is 0. The molecule has 1 heterocycles. The first-order valence-corrected chi connectivity index (χ1v) is 8.31. The van der Waals surface area contributed by atoms with Crippen LogP contribution in [-0.4, -0.2) is 41.9 Å². The molecule has 0 aliphatic carbocycles. The Bertz CT molecular complexity index is 323. The number of hydrogen-bond donors (Lipinski definition) is 0. The molecule has 1 rings (SSSR count). The van der Waals surface area contributed by atoms with Gasteiger partial charge in [-0.15, -0.1) is 0 Å². The van der Waals surface area contributed by atoms with Crippen LogP contribution in [0.4, 0.5) is 4.79 Å². The molecule has 4 heteroatoms. The Balaban J connectivity index is 2.41. The van der Waals surface area contributed by atoms with E-state index in [1.807, 2.05) is 20.8 Å². The van der Waals surface area contributed by atoms with Crippen molar-refractivity contribution in [2.75, 3.05) is 19.7 Å². The average molecular weight is 299 g/mol. The van der Waals surface area contributed by atoms with E-state index in [-0.39, 0.29) is 11.7 Å². The minimum absolute atomic E-state index is 0.0961. The number of nitrogens with zero attached hydrogens (tertiary/aromatic N) is 1. The Morgan fingerprint density at radius 3 is 2.14 bits per heavy atom. The molecule has 0 atom stereocenters. The summed E-state index contributed by atoms with van der Waals surface area (Å²) in [5.74, 6) is 0.644. The standard InChI is InChI=1S/C17H33NO3/c1-7-14(8-2)13-20-17(6)9-11-18(12-10-17)15(19)21-16(3,4)5/h14H,7-13H2,1-6H3. The number of piperidine rings is 1. The first-order valence-electron chi connectivity index (χ1n) is 8.31. The predicted octanol–water partition coefficient (Wildman–Crippen LogP) is 4.23. The quantitative estimate of drug-likeness (QED) is 0.762. The Kier molecular flexibility index (Phi) is 6.51. The summed E-state index contributed by atoms with van der Waals surface area (Å²) < 4.78 is 11.6. The van der Waals surface area contributed by atoms with Crippen LogP contribution in [-0.2, 0) is 9.47 Å². The maximum atomic E-state index is 12.0. The van der Waals surface area contributed by atoms with E-state index in [1.54, 1.807) is 4.90 Å². The van der Waals surface area contributed by atoms with E-state index >= 15 is 0 Å². The van der Waals surface area contributed by atoms with E-state index in [2.05, 4.69) is 20.8 Å². The van der Waals surface area contributed by atoms with Crippen LogP contribution in [0, 0.1) is 5.92 Å². The predicted molar refractivity (Wildman–Crippen MR) is 85.5 cm³/mol. The molecule has 21 heavy (non-hydrogen) atoms. The lowest BCUT2D eigenvalue weighted by Crippen LogP contribution is -2.48. The summed E-state index contributed by atoms with van der Waals surface area (Å²) in [5, 5.41) is 0. The van der Waals surface area contributed by atoms with Crippen molar-refractivity contribution in [1.82, 2.24) is 4.90 Å². The molecule has 1 fully saturated rings. The minimum atomic E-state index is -0.427. The van der Waals surface area contributed by atoms with Crippen molar-refractivity contribution < 1.29 is 14.3 Å². The van der Waals surface area contributed by atoms with Gasteiger partial charge in [0.05, 0.1) is 12.2 Å². The fourth-order valence-electron chi connectivity index (χ4n) is 2.48. The van der Waals surface area contributed by atoms with Gasteiger partial charge in [0.15, 0.2) is 0 Å². The number of rotatable bonds is 5. The van der Waals surface area contributed by atoms with Crippen LogP contribution < -0.4 is 0 Å². The lowest BCUT2D eigenvalue weighted by atomic mass is 9.93. The number of hydrogen-bond acceptors (Lipinski definition) is 3. The van der Waals surface area contributed by atoms with Gasteiger partial charge in [-0.25, -0.2) is 4.79 Å². The minimum Gasteiger partial charge on any atom is -0.444 e. The molecule has 0 aromatic rings. The zero-order valence-electron chi connectivity index (χ0n) is 14.7. The van der Waals surface area contributed by atoms with Gasteiger partial charge in [-0.1, -0.05) is 26.7 Å². The molecule has 1 aliphatic heterocycles. The van der Waals surface area contributed by atoms with Crippen molar-refractivity contribution in [3.05, 3.63) is 0 Å². The third kappa shape index (κ3) is 6.25. The van der Waals surface area contributed by atoms with Crippen molar-refractivity contribution in [3.8, 4) is 0 Å². The molecule has 0 aromatic heterocycles. The molecule has 0 bridgehead atoms. The molecular formula is C17H33NO3. The smallest absolute Gasteiger partial charge is 0.410 e. The molecule has 0 unspecified atom stereocenters. The Labute approximate surface area is 130 Å². The van der Waals surface area contributed by atoms with E-state index in [0.29, 0.717) is 19.0 Å². The third-order valence-corrected chi connectivity index (χ3v) is 4.30. The molecule has 1 amide bonds. The Hall–Kier alpha value is -0.770. The Morgan fingerprint density at radius 1 is 1.19 bits per heavy atom. The van der Waals surface area contributed by atoms with Gasteiger partial charge in [-0.2, -0.15) is 0 Å². The van der Waals surface area contributed by atoms with Crippen LogP contribution in [0.5, 0.6) is 0 Å². The maximum Gasteiger partial charge on any atom is 0.410 e. The van der Waals surface area contributed by atoms with Gasteiger partial charge < -0.3 is 14.4 Å². The fraction of sp³-hybridized carbons (Fsp3) is 0.941. The average Bonchev–Trinajstić information content (AvgIpc) is 2.38. The summed E-state index contributed by atoms with van der Waals surface area (Å²) in [6.45, 7) is 14.6. The van der Waals surface area contributed by atoms with Crippen molar-refractivity contribution in [1.29, 1.82) is 0 Å². The van der Waals surface area contributed by atoms with Crippen molar-refractivity contribution >= 4 is 6.09 Å². The van der Waals surface area contributed by atoms with E-state index in [0.717, 1.165) is 32.3 Å². The number of carbonyl (C=O) groups excluding carboxylic acids is 1. The monoisotopic (exact) mass is 299 g/mol. The molecule has 0 N–H and O–H groups in total. The zero-order chi connectivity index (χ0) is 16.1. The van der Waals surface area contributed by atoms with Crippen LogP contribution in [0.15, 0.2) is 0 Å². The summed E-state index contributed by atoms with van der Waals surface area (Å²) in [5.41, 5.74) is -0.523. The molecule has 0 aromatic carbocycles. The molecule has 124 valence electrons. The van der Waals surface area contributed by atoms with E-state index in [1.165, 1.54) is 0 Å². The van der Waals surface area contributed by atoms with Crippen molar-refractivity contribution in [2.24, 2.45) is 5.92 Å². The van der Waals surface area contributed by atoms with E-state index in [9.17, 15) is 4.79 Å².